The van der Waals surface area contributed by atoms with Crippen molar-refractivity contribution in [1.82, 2.24) is 0 Å². The maximum atomic E-state index is 14.1. The van der Waals surface area contributed by atoms with E-state index in [0.717, 1.165) is 16.7 Å². The number of aliphatic carboxylic acids is 1. The third-order valence-electron chi connectivity index (χ3n) is 5.28. The summed E-state index contributed by atoms with van der Waals surface area (Å²) in [6.45, 7) is 13.8. The van der Waals surface area contributed by atoms with Crippen molar-refractivity contribution >= 4 is 19.5 Å². The SMILES string of the molecule is CCOC(=O)CP(=O)(Oc1ccccc1C(C)(C)C)Oc1ccc(CCC(=O)O)cc1C(C)(C)C. The van der Waals surface area contributed by atoms with E-state index in [0.29, 0.717) is 17.9 Å². The smallest absolute Gasteiger partial charge is 0.441 e. The van der Waals surface area contributed by atoms with Crippen LogP contribution in [0.15, 0.2) is 42.5 Å². The van der Waals surface area contributed by atoms with Crippen LogP contribution in [-0.4, -0.2) is 29.8 Å². The summed E-state index contributed by atoms with van der Waals surface area (Å²) in [4.78, 5) is 23.4. The summed E-state index contributed by atoms with van der Waals surface area (Å²) in [6.07, 6.45) is -0.198. The number of carboxylic acid groups (broad SMARTS) is 1. The van der Waals surface area contributed by atoms with Crippen LogP contribution in [0, 0.1) is 0 Å². The number of benzene rings is 2. The molecule has 1 atom stereocenters. The molecule has 0 aliphatic heterocycles. The molecule has 0 aliphatic carbocycles. The van der Waals surface area contributed by atoms with Gasteiger partial charge in [0.2, 0.25) is 0 Å². The maximum absolute atomic E-state index is 14.1. The summed E-state index contributed by atoms with van der Waals surface area (Å²) in [5.74, 6) is -0.868. The number of aryl methyl sites for hydroxylation is 1. The molecular formula is C27H37O7P. The van der Waals surface area contributed by atoms with E-state index < -0.39 is 31.1 Å². The number of hydrogen-bond donors (Lipinski definition) is 1. The normalized spacial score (nSPS) is 13.6. The number of ether oxygens (including phenoxy) is 1. The molecule has 0 saturated carbocycles. The number of para-hydroxylation sites is 1. The van der Waals surface area contributed by atoms with Crippen LogP contribution in [0.4, 0.5) is 0 Å². The van der Waals surface area contributed by atoms with Gasteiger partial charge in [-0.2, -0.15) is 0 Å². The second-order valence-corrected chi connectivity index (χ2v) is 12.4. The predicted molar refractivity (Wildman–Crippen MR) is 137 cm³/mol. The molecule has 1 unspecified atom stereocenters. The van der Waals surface area contributed by atoms with Gasteiger partial charge in [-0.05, 0) is 41.9 Å². The van der Waals surface area contributed by atoms with Crippen molar-refractivity contribution in [2.24, 2.45) is 0 Å². The van der Waals surface area contributed by atoms with Crippen LogP contribution in [-0.2, 0) is 36.1 Å². The summed E-state index contributed by atoms with van der Waals surface area (Å²) < 4.78 is 31.2. The Morgan fingerprint density at radius 3 is 2.00 bits per heavy atom. The van der Waals surface area contributed by atoms with Crippen molar-refractivity contribution in [2.75, 3.05) is 12.8 Å². The van der Waals surface area contributed by atoms with Crippen molar-refractivity contribution in [3.8, 4) is 11.5 Å². The van der Waals surface area contributed by atoms with Crippen LogP contribution in [0.1, 0.15) is 71.6 Å². The van der Waals surface area contributed by atoms with Gasteiger partial charge in [-0.3, -0.25) is 9.59 Å². The predicted octanol–water partition coefficient (Wildman–Crippen LogP) is 6.51. The molecule has 0 spiro atoms. The van der Waals surface area contributed by atoms with E-state index in [2.05, 4.69) is 0 Å². The zero-order valence-electron chi connectivity index (χ0n) is 21.7. The number of carbonyl (C=O) groups is 2. The van der Waals surface area contributed by atoms with Gasteiger partial charge in [-0.1, -0.05) is 71.9 Å². The summed E-state index contributed by atoms with van der Waals surface area (Å²) in [5, 5.41) is 9.04. The first-order valence-electron chi connectivity index (χ1n) is 11.7. The molecule has 8 heteroatoms. The van der Waals surface area contributed by atoms with E-state index in [1.165, 1.54) is 0 Å². The molecule has 7 nitrogen and oxygen atoms in total. The van der Waals surface area contributed by atoms with Crippen molar-refractivity contribution in [3.05, 3.63) is 59.2 Å². The Kier molecular flexibility index (Phi) is 9.18. The molecule has 0 aromatic heterocycles. The molecule has 0 heterocycles. The van der Waals surface area contributed by atoms with Crippen LogP contribution >= 0.6 is 7.60 Å². The second kappa shape index (κ2) is 11.3. The van der Waals surface area contributed by atoms with Crippen LogP contribution in [0.5, 0.6) is 11.5 Å². The first kappa shape index (κ1) is 28.4. The van der Waals surface area contributed by atoms with Crippen LogP contribution in [0.3, 0.4) is 0 Å². The Labute approximate surface area is 208 Å². The number of carbonyl (C=O) groups excluding carboxylic acids is 1. The van der Waals surface area contributed by atoms with Gasteiger partial charge in [0.1, 0.15) is 11.5 Å². The topological polar surface area (TPSA) is 99.1 Å². The number of hydrogen-bond acceptors (Lipinski definition) is 6. The summed E-state index contributed by atoms with van der Waals surface area (Å²) in [5.41, 5.74) is 1.68. The quantitative estimate of drug-likeness (QED) is 0.291. The summed E-state index contributed by atoms with van der Waals surface area (Å²) in [7, 11) is -4.06. The first-order chi connectivity index (χ1) is 16.1. The lowest BCUT2D eigenvalue weighted by atomic mass is 9.85. The van der Waals surface area contributed by atoms with Crippen molar-refractivity contribution in [2.45, 2.75) is 72.1 Å². The minimum absolute atomic E-state index is 0.00215. The van der Waals surface area contributed by atoms with Crippen LogP contribution < -0.4 is 9.05 Å². The lowest BCUT2D eigenvalue weighted by Crippen LogP contribution is -2.19. The van der Waals surface area contributed by atoms with E-state index in [-0.39, 0.29) is 18.4 Å². The molecule has 1 N–H and O–H groups in total. The van der Waals surface area contributed by atoms with Gasteiger partial charge in [0.25, 0.3) is 0 Å². The lowest BCUT2D eigenvalue weighted by molar-refractivity contribution is -0.140. The molecule has 0 amide bonds. The largest absolute Gasteiger partial charge is 0.481 e. The molecular weight excluding hydrogens is 467 g/mol. The second-order valence-electron chi connectivity index (χ2n) is 10.5. The molecule has 2 aromatic carbocycles. The lowest BCUT2D eigenvalue weighted by Gasteiger charge is -2.28. The zero-order valence-corrected chi connectivity index (χ0v) is 22.6. The van der Waals surface area contributed by atoms with Crippen LogP contribution in [0.25, 0.3) is 0 Å². The highest BCUT2D eigenvalue weighted by Gasteiger charge is 2.36. The van der Waals surface area contributed by atoms with E-state index in [1.54, 1.807) is 31.2 Å². The fourth-order valence-corrected chi connectivity index (χ4v) is 5.05. The van der Waals surface area contributed by atoms with Gasteiger partial charge in [-0.15, -0.1) is 0 Å². The number of esters is 1. The van der Waals surface area contributed by atoms with Crippen molar-refractivity contribution in [3.63, 3.8) is 0 Å². The number of carboxylic acids is 1. The standard InChI is InChI=1S/C27H37O7P/c1-8-32-25(30)18-35(31,33-22-12-10-9-11-20(22)26(2,3)4)34-23-15-13-19(14-16-24(28)29)17-21(23)27(5,6)7/h9-13,15,17H,8,14,16,18H2,1-7H3,(H,28,29). The minimum Gasteiger partial charge on any atom is -0.481 e. The molecule has 2 aromatic rings. The zero-order chi connectivity index (χ0) is 26.4. The first-order valence-corrected chi connectivity index (χ1v) is 13.5. The summed E-state index contributed by atoms with van der Waals surface area (Å²) >= 11 is 0. The van der Waals surface area contributed by atoms with E-state index in [4.69, 9.17) is 18.9 Å². The van der Waals surface area contributed by atoms with Gasteiger partial charge in [-0.25, -0.2) is 4.57 Å². The molecule has 0 aliphatic rings. The molecule has 192 valence electrons. The maximum Gasteiger partial charge on any atom is 0.441 e. The van der Waals surface area contributed by atoms with Gasteiger partial charge >= 0.3 is 19.5 Å². The number of rotatable bonds is 10. The summed E-state index contributed by atoms with van der Waals surface area (Å²) in [6, 6.07) is 12.5. The van der Waals surface area contributed by atoms with Crippen molar-refractivity contribution in [1.29, 1.82) is 0 Å². The van der Waals surface area contributed by atoms with Gasteiger partial charge in [0, 0.05) is 17.5 Å². The Hall–Kier alpha value is -2.79. The highest BCUT2D eigenvalue weighted by atomic mass is 31.2. The van der Waals surface area contributed by atoms with E-state index in [9.17, 15) is 14.2 Å². The minimum atomic E-state index is -4.06. The fourth-order valence-electron chi connectivity index (χ4n) is 3.56. The molecule has 35 heavy (non-hydrogen) atoms. The average Bonchev–Trinajstić information content (AvgIpc) is 2.71. The fraction of sp³-hybridized carbons (Fsp3) is 0.481. The van der Waals surface area contributed by atoms with E-state index in [1.807, 2.05) is 59.7 Å². The third-order valence-corrected chi connectivity index (χ3v) is 6.87. The van der Waals surface area contributed by atoms with Gasteiger partial charge < -0.3 is 18.9 Å². The Balaban J connectivity index is 2.52. The molecule has 0 bridgehead atoms. The Bertz CT molecular complexity index is 1090. The average molecular weight is 505 g/mol. The third kappa shape index (κ3) is 8.43. The molecule has 2 rings (SSSR count). The molecule has 0 radical (unpaired) electrons. The van der Waals surface area contributed by atoms with E-state index >= 15 is 0 Å². The highest BCUT2D eigenvalue weighted by Crippen LogP contribution is 2.52. The van der Waals surface area contributed by atoms with Crippen LogP contribution in [0.2, 0.25) is 0 Å². The van der Waals surface area contributed by atoms with Gasteiger partial charge in [0.05, 0.1) is 6.61 Å². The Morgan fingerprint density at radius 1 is 0.886 bits per heavy atom. The Morgan fingerprint density at radius 2 is 1.46 bits per heavy atom. The molecule has 0 fully saturated rings. The highest BCUT2D eigenvalue weighted by molar-refractivity contribution is 7.55. The monoisotopic (exact) mass is 504 g/mol. The van der Waals surface area contributed by atoms with Gasteiger partial charge in [0.15, 0.2) is 6.16 Å². The van der Waals surface area contributed by atoms with Crippen molar-refractivity contribution < 1.29 is 33.0 Å². The molecule has 0 saturated heterocycles.